The van der Waals surface area contributed by atoms with E-state index in [4.69, 9.17) is 6.42 Å². The Morgan fingerprint density at radius 3 is 2.89 bits per heavy atom. The van der Waals surface area contributed by atoms with Crippen molar-refractivity contribution in [2.75, 3.05) is 5.32 Å². The van der Waals surface area contributed by atoms with Crippen molar-refractivity contribution in [3.63, 3.8) is 0 Å². The van der Waals surface area contributed by atoms with Gasteiger partial charge in [-0.05, 0) is 48.2 Å². The summed E-state index contributed by atoms with van der Waals surface area (Å²) in [7, 11) is 0. The predicted molar refractivity (Wildman–Crippen MR) is 75.5 cm³/mol. The molecule has 1 unspecified atom stereocenters. The topological polar surface area (TPSA) is 12.0 Å². The zero-order chi connectivity index (χ0) is 13.2. The Morgan fingerprint density at radius 1 is 1.21 bits per heavy atom. The van der Waals surface area contributed by atoms with Gasteiger partial charge in [-0.15, -0.1) is 6.42 Å². The van der Waals surface area contributed by atoms with E-state index >= 15 is 0 Å². The molecule has 2 aromatic rings. The molecule has 2 heteroatoms. The van der Waals surface area contributed by atoms with Crippen LogP contribution in [0.3, 0.4) is 0 Å². The van der Waals surface area contributed by atoms with Gasteiger partial charge in [0.1, 0.15) is 5.82 Å². The third-order valence-corrected chi connectivity index (χ3v) is 3.58. The van der Waals surface area contributed by atoms with Gasteiger partial charge in [0, 0.05) is 11.3 Å². The molecule has 1 N–H and O–H groups in total. The summed E-state index contributed by atoms with van der Waals surface area (Å²) < 4.78 is 13.7. The van der Waals surface area contributed by atoms with Crippen molar-refractivity contribution in [3.8, 4) is 12.3 Å². The molecule has 0 spiro atoms. The summed E-state index contributed by atoms with van der Waals surface area (Å²) in [4.78, 5) is 0. The molecule has 0 amide bonds. The number of terminal acetylenes is 1. The number of hydrogen-bond donors (Lipinski definition) is 1. The van der Waals surface area contributed by atoms with Crippen molar-refractivity contribution in [1.29, 1.82) is 0 Å². The van der Waals surface area contributed by atoms with E-state index in [-0.39, 0.29) is 11.9 Å². The van der Waals surface area contributed by atoms with Gasteiger partial charge in [-0.2, -0.15) is 0 Å². The van der Waals surface area contributed by atoms with Gasteiger partial charge in [0.05, 0.1) is 6.04 Å². The Hall–Kier alpha value is -2.27. The first kappa shape index (κ1) is 11.8. The van der Waals surface area contributed by atoms with E-state index in [1.54, 1.807) is 6.07 Å². The van der Waals surface area contributed by atoms with Gasteiger partial charge in [-0.1, -0.05) is 24.1 Å². The van der Waals surface area contributed by atoms with Crippen LogP contribution in [-0.4, -0.2) is 0 Å². The standard InChI is InChI=1S/C17H14FN/c1-2-12-5-3-6-13(11-12)19-17-10-9-14-15(17)7-4-8-16(14)18/h1,3-8,11,17,19H,9-10H2. The number of halogens is 1. The molecule has 0 bridgehead atoms. The molecule has 0 saturated heterocycles. The minimum atomic E-state index is -0.0980. The Morgan fingerprint density at radius 2 is 2.05 bits per heavy atom. The number of fused-ring (bicyclic) bond motifs is 1. The summed E-state index contributed by atoms with van der Waals surface area (Å²) >= 11 is 0. The average molecular weight is 251 g/mol. The summed E-state index contributed by atoms with van der Waals surface area (Å²) in [6.07, 6.45) is 7.10. The van der Waals surface area contributed by atoms with Gasteiger partial charge in [0.2, 0.25) is 0 Å². The van der Waals surface area contributed by atoms with Crippen LogP contribution in [0.15, 0.2) is 42.5 Å². The van der Waals surface area contributed by atoms with Gasteiger partial charge in [0.15, 0.2) is 0 Å². The molecule has 0 aromatic heterocycles. The normalized spacial score (nSPS) is 16.7. The van der Waals surface area contributed by atoms with Crippen molar-refractivity contribution in [1.82, 2.24) is 0 Å². The molecule has 0 saturated carbocycles. The maximum absolute atomic E-state index is 13.7. The van der Waals surface area contributed by atoms with Crippen LogP contribution in [0, 0.1) is 18.2 Å². The number of nitrogens with one attached hydrogen (secondary N) is 1. The smallest absolute Gasteiger partial charge is 0.126 e. The monoisotopic (exact) mass is 251 g/mol. The highest BCUT2D eigenvalue weighted by molar-refractivity contribution is 5.52. The summed E-state index contributed by atoms with van der Waals surface area (Å²) in [5.74, 6) is 2.52. The van der Waals surface area contributed by atoms with Gasteiger partial charge in [0.25, 0.3) is 0 Å². The summed E-state index contributed by atoms with van der Waals surface area (Å²) in [6, 6.07) is 13.2. The summed E-state index contributed by atoms with van der Waals surface area (Å²) in [5.41, 5.74) is 3.74. The predicted octanol–water partition coefficient (Wildman–Crippen LogP) is 3.91. The molecule has 0 heterocycles. The third kappa shape index (κ3) is 2.20. The van der Waals surface area contributed by atoms with Crippen LogP contribution in [0.4, 0.5) is 10.1 Å². The fraction of sp³-hybridized carbons (Fsp3) is 0.176. The van der Waals surface area contributed by atoms with Gasteiger partial charge >= 0.3 is 0 Å². The summed E-state index contributed by atoms with van der Waals surface area (Å²) in [5, 5.41) is 3.44. The van der Waals surface area contributed by atoms with Crippen LogP contribution in [0.25, 0.3) is 0 Å². The molecule has 3 rings (SSSR count). The lowest BCUT2D eigenvalue weighted by molar-refractivity contribution is 0.612. The van der Waals surface area contributed by atoms with E-state index < -0.39 is 0 Å². The van der Waals surface area contributed by atoms with Gasteiger partial charge in [-0.25, -0.2) is 4.39 Å². The zero-order valence-corrected chi connectivity index (χ0v) is 10.5. The average Bonchev–Trinajstić information content (AvgIpc) is 2.84. The molecular weight excluding hydrogens is 237 g/mol. The molecule has 19 heavy (non-hydrogen) atoms. The highest BCUT2D eigenvalue weighted by Crippen LogP contribution is 2.35. The van der Waals surface area contributed by atoms with Crippen molar-refractivity contribution in [2.24, 2.45) is 0 Å². The number of hydrogen-bond acceptors (Lipinski definition) is 1. The van der Waals surface area contributed by atoms with Crippen LogP contribution < -0.4 is 5.32 Å². The SMILES string of the molecule is C#Cc1cccc(NC2CCc3c(F)cccc32)c1. The molecule has 0 aliphatic heterocycles. The van der Waals surface area contributed by atoms with E-state index in [0.29, 0.717) is 0 Å². The molecule has 1 nitrogen and oxygen atoms in total. The van der Waals surface area contributed by atoms with Crippen molar-refractivity contribution in [3.05, 3.63) is 65.0 Å². The lowest BCUT2D eigenvalue weighted by Gasteiger charge is -2.15. The minimum absolute atomic E-state index is 0.0980. The first-order valence-electron chi connectivity index (χ1n) is 6.38. The maximum Gasteiger partial charge on any atom is 0.126 e. The van der Waals surface area contributed by atoms with Crippen molar-refractivity contribution in [2.45, 2.75) is 18.9 Å². The van der Waals surface area contributed by atoms with E-state index in [0.717, 1.165) is 35.2 Å². The van der Waals surface area contributed by atoms with E-state index in [2.05, 4.69) is 11.2 Å². The zero-order valence-electron chi connectivity index (χ0n) is 10.5. The first-order chi connectivity index (χ1) is 9.28. The van der Waals surface area contributed by atoms with E-state index in [1.165, 1.54) is 6.07 Å². The van der Waals surface area contributed by atoms with Crippen molar-refractivity contribution < 1.29 is 4.39 Å². The van der Waals surface area contributed by atoms with Crippen LogP contribution in [0.1, 0.15) is 29.2 Å². The molecule has 2 aromatic carbocycles. The van der Waals surface area contributed by atoms with Crippen LogP contribution in [0.2, 0.25) is 0 Å². The van der Waals surface area contributed by atoms with E-state index in [1.807, 2.05) is 30.3 Å². The first-order valence-corrected chi connectivity index (χ1v) is 6.38. The Bertz CT molecular complexity index is 655. The number of rotatable bonds is 2. The second-order valence-corrected chi connectivity index (χ2v) is 4.77. The Kier molecular flexibility index (Phi) is 2.97. The van der Waals surface area contributed by atoms with Crippen LogP contribution >= 0.6 is 0 Å². The van der Waals surface area contributed by atoms with Crippen LogP contribution in [-0.2, 0) is 6.42 Å². The molecule has 1 atom stereocenters. The second-order valence-electron chi connectivity index (χ2n) is 4.77. The molecule has 0 radical (unpaired) electrons. The van der Waals surface area contributed by atoms with Crippen molar-refractivity contribution >= 4 is 5.69 Å². The fourth-order valence-corrected chi connectivity index (χ4v) is 2.66. The van der Waals surface area contributed by atoms with Gasteiger partial charge < -0.3 is 5.32 Å². The highest BCUT2D eigenvalue weighted by atomic mass is 19.1. The lowest BCUT2D eigenvalue weighted by atomic mass is 10.1. The van der Waals surface area contributed by atoms with Gasteiger partial charge in [-0.3, -0.25) is 0 Å². The Labute approximate surface area is 112 Å². The quantitative estimate of drug-likeness (QED) is 0.798. The van der Waals surface area contributed by atoms with Crippen LogP contribution in [0.5, 0.6) is 0 Å². The number of anilines is 1. The largest absolute Gasteiger partial charge is 0.378 e. The molecule has 94 valence electrons. The molecular formula is C17H14FN. The van der Waals surface area contributed by atoms with E-state index in [9.17, 15) is 4.39 Å². The maximum atomic E-state index is 13.7. The highest BCUT2D eigenvalue weighted by Gasteiger charge is 2.24. The third-order valence-electron chi connectivity index (χ3n) is 3.58. The second kappa shape index (κ2) is 4.78. The minimum Gasteiger partial charge on any atom is -0.378 e. The lowest BCUT2D eigenvalue weighted by Crippen LogP contribution is -2.07. The number of benzene rings is 2. The fourth-order valence-electron chi connectivity index (χ4n) is 2.66. The molecule has 0 fully saturated rings. The molecule has 1 aliphatic carbocycles. The summed E-state index contributed by atoms with van der Waals surface area (Å²) in [6.45, 7) is 0. The molecule has 1 aliphatic rings. The Balaban J connectivity index is 1.87.